The van der Waals surface area contributed by atoms with Gasteiger partial charge in [-0.2, -0.15) is 0 Å². The topological polar surface area (TPSA) is 54.5 Å². The third-order valence-corrected chi connectivity index (χ3v) is 4.65. The number of ether oxygens (including phenoxy) is 1. The van der Waals surface area contributed by atoms with Gasteiger partial charge in [-0.25, -0.2) is 4.39 Å². The third-order valence-electron chi connectivity index (χ3n) is 4.65. The van der Waals surface area contributed by atoms with Gasteiger partial charge in [0.2, 0.25) is 0 Å². The summed E-state index contributed by atoms with van der Waals surface area (Å²) >= 11 is 0. The zero-order valence-electron chi connectivity index (χ0n) is 15.3. The molecule has 2 heterocycles. The lowest BCUT2D eigenvalue weighted by Gasteiger charge is -2.28. The lowest BCUT2D eigenvalue weighted by molar-refractivity contribution is 0.102. The fourth-order valence-electron chi connectivity index (χ4n) is 3.13. The Bertz CT molecular complexity index is 952. The minimum Gasteiger partial charge on any atom is -0.378 e. The minimum atomic E-state index is -0.318. The van der Waals surface area contributed by atoms with Crippen molar-refractivity contribution in [3.05, 3.63) is 78.2 Å². The van der Waals surface area contributed by atoms with Gasteiger partial charge in [0.15, 0.2) is 0 Å². The first-order valence-corrected chi connectivity index (χ1v) is 9.15. The van der Waals surface area contributed by atoms with Gasteiger partial charge in [0, 0.05) is 36.2 Å². The molecule has 0 saturated carbocycles. The summed E-state index contributed by atoms with van der Waals surface area (Å²) in [5, 5.41) is 2.87. The van der Waals surface area contributed by atoms with E-state index in [-0.39, 0.29) is 11.7 Å². The Kier molecular flexibility index (Phi) is 5.30. The Balaban J connectivity index is 1.42. The molecule has 1 N–H and O–H groups in total. The van der Waals surface area contributed by atoms with Gasteiger partial charge in [-0.3, -0.25) is 9.78 Å². The zero-order valence-corrected chi connectivity index (χ0v) is 15.3. The van der Waals surface area contributed by atoms with Gasteiger partial charge in [0.1, 0.15) is 5.82 Å². The molecular weight excluding hydrogens is 357 g/mol. The molecule has 1 amide bonds. The van der Waals surface area contributed by atoms with E-state index in [0.717, 1.165) is 37.7 Å². The molecule has 5 nitrogen and oxygen atoms in total. The van der Waals surface area contributed by atoms with E-state index < -0.39 is 0 Å². The summed E-state index contributed by atoms with van der Waals surface area (Å²) in [4.78, 5) is 19.0. The number of carbonyl (C=O) groups excluding carboxylic acids is 1. The predicted molar refractivity (Wildman–Crippen MR) is 107 cm³/mol. The highest BCUT2D eigenvalue weighted by atomic mass is 19.1. The number of morpholine rings is 1. The van der Waals surface area contributed by atoms with E-state index >= 15 is 0 Å². The molecule has 0 atom stereocenters. The van der Waals surface area contributed by atoms with Crippen LogP contribution < -0.4 is 10.2 Å². The number of pyridine rings is 1. The Morgan fingerprint density at radius 3 is 2.50 bits per heavy atom. The molecule has 1 aliphatic rings. The van der Waals surface area contributed by atoms with Crippen molar-refractivity contribution < 1.29 is 13.9 Å². The molecule has 0 aliphatic carbocycles. The first-order valence-electron chi connectivity index (χ1n) is 9.15. The quantitative estimate of drug-likeness (QED) is 0.747. The first kappa shape index (κ1) is 18.1. The Morgan fingerprint density at radius 1 is 1.04 bits per heavy atom. The summed E-state index contributed by atoms with van der Waals surface area (Å²) in [5.41, 5.74) is 3.56. The molecule has 4 rings (SSSR count). The normalized spacial score (nSPS) is 14.0. The van der Waals surface area contributed by atoms with Crippen LogP contribution in [-0.2, 0) is 4.74 Å². The van der Waals surface area contributed by atoms with Crippen molar-refractivity contribution >= 4 is 17.3 Å². The number of halogens is 1. The van der Waals surface area contributed by atoms with Gasteiger partial charge in [-0.05, 0) is 48.5 Å². The zero-order chi connectivity index (χ0) is 19.3. The lowest BCUT2D eigenvalue weighted by Crippen LogP contribution is -2.36. The van der Waals surface area contributed by atoms with Crippen LogP contribution >= 0.6 is 0 Å². The van der Waals surface area contributed by atoms with Gasteiger partial charge >= 0.3 is 0 Å². The second-order valence-electron chi connectivity index (χ2n) is 6.54. The highest BCUT2D eigenvalue weighted by Crippen LogP contribution is 2.21. The second kappa shape index (κ2) is 8.19. The molecule has 28 heavy (non-hydrogen) atoms. The van der Waals surface area contributed by atoms with Crippen molar-refractivity contribution in [3.8, 4) is 11.3 Å². The highest BCUT2D eigenvalue weighted by molar-refractivity contribution is 6.04. The van der Waals surface area contributed by atoms with Crippen LogP contribution in [0.1, 0.15) is 10.4 Å². The number of rotatable bonds is 4. The fourth-order valence-corrected chi connectivity index (χ4v) is 3.13. The number of aromatic nitrogens is 1. The van der Waals surface area contributed by atoms with Crippen LogP contribution in [0.25, 0.3) is 11.3 Å². The van der Waals surface area contributed by atoms with Crippen LogP contribution in [0.3, 0.4) is 0 Å². The molecule has 1 aliphatic heterocycles. The van der Waals surface area contributed by atoms with Crippen LogP contribution in [-0.4, -0.2) is 37.2 Å². The van der Waals surface area contributed by atoms with E-state index in [9.17, 15) is 9.18 Å². The van der Waals surface area contributed by atoms with E-state index in [4.69, 9.17) is 4.74 Å². The van der Waals surface area contributed by atoms with E-state index in [2.05, 4.69) is 15.2 Å². The number of amides is 1. The first-order chi connectivity index (χ1) is 13.7. The Labute approximate surface area is 162 Å². The molecule has 0 unspecified atom stereocenters. The summed E-state index contributed by atoms with van der Waals surface area (Å²) in [6, 6.07) is 17.4. The summed E-state index contributed by atoms with van der Waals surface area (Å²) < 4.78 is 18.7. The predicted octanol–water partition coefficient (Wildman–Crippen LogP) is 3.98. The standard InChI is InChI=1S/C22H20FN3O2/c23-18-3-1-2-16(14-18)21-9-4-17(15-24-21)22(27)25-19-5-7-20(8-6-19)26-10-12-28-13-11-26/h1-9,14-15H,10-13H2,(H,25,27). The van der Waals surface area contributed by atoms with Crippen LogP contribution in [0.5, 0.6) is 0 Å². The molecule has 0 bridgehead atoms. The van der Waals surface area contributed by atoms with Crippen LogP contribution in [0.2, 0.25) is 0 Å². The van der Waals surface area contributed by atoms with Crippen molar-refractivity contribution in [2.75, 3.05) is 36.5 Å². The molecule has 1 fully saturated rings. The van der Waals surface area contributed by atoms with Gasteiger partial charge in [-0.1, -0.05) is 12.1 Å². The second-order valence-corrected chi connectivity index (χ2v) is 6.54. The lowest BCUT2D eigenvalue weighted by atomic mass is 10.1. The van der Waals surface area contributed by atoms with Crippen LogP contribution in [0.4, 0.5) is 15.8 Å². The fraction of sp³-hybridized carbons (Fsp3) is 0.182. The molecule has 1 saturated heterocycles. The number of nitrogens with one attached hydrogen (secondary N) is 1. The summed E-state index contributed by atoms with van der Waals surface area (Å²) in [6.07, 6.45) is 1.50. The SMILES string of the molecule is O=C(Nc1ccc(N2CCOCC2)cc1)c1ccc(-c2cccc(F)c2)nc1. The summed E-state index contributed by atoms with van der Waals surface area (Å²) in [5.74, 6) is -0.556. The van der Waals surface area contributed by atoms with Crippen LogP contribution in [0, 0.1) is 5.82 Å². The number of anilines is 2. The third kappa shape index (κ3) is 4.18. The smallest absolute Gasteiger partial charge is 0.257 e. The molecule has 0 spiro atoms. The minimum absolute atomic E-state index is 0.239. The Hall–Kier alpha value is -3.25. The monoisotopic (exact) mass is 377 g/mol. The Morgan fingerprint density at radius 2 is 1.82 bits per heavy atom. The maximum absolute atomic E-state index is 13.3. The maximum atomic E-state index is 13.3. The van der Waals surface area contributed by atoms with Gasteiger partial charge in [0.05, 0.1) is 24.5 Å². The van der Waals surface area contributed by atoms with Crippen molar-refractivity contribution in [2.45, 2.75) is 0 Å². The number of carbonyl (C=O) groups is 1. The van der Waals surface area contributed by atoms with Gasteiger partial charge in [-0.15, -0.1) is 0 Å². The van der Waals surface area contributed by atoms with Gasteiger partial charge in [0.25, 0.3) is 5.91 Å². The molecular formula is C22H20FN3O2. The number of benzene rings is 2. The van der Waals surface area contributed by atoms with Crippen molar-refractivity contribution in [3.63, 3.8) is 0 Å². The van der Waals surface area contributed by atoms with Crippen molar-refractivity contribution in [2.24, 2.45) is 0 Å². The van der Waals surface area contributed by atoms with E-state index in [1.165, 1.54) is 18.3 Å². The molecule has 2 aromatic carbocycles. The highest BCUT2D eigenvalue weighted by Gasteiger charge is 2.12. The summed E-state index contributed by atoms with van der Waals surface area (Å²) in [7, 11) is 0. The average Bonchev–Trinajstić information content (AvgIpc) is 2.75. The molecule has 0 radical (unpaired) electrons. The van der Waals surface area contributed by atoms with E-state index in [0.29, 0.717) is 16.8 Å². The summed E-state index contributed by atoms with van der Waals surface area (Å²) in [6.45, 7) is 3.21. The van der Waals surface area contributed by atoms with Crippen LogP contribution in [0.15, 0.2) is 66.9 Å². The number of nitrogens with zero attached hydrogens (tertiary/aromatic N) is 2. The number of hydrogen-bond donors (Lipinski definition) is 1. The largest absolute Gasteiger partial charge is 0.378 e. The van der Waals surface area contributed by atoms with Crippen molar-refractivity contribution in [1.82, 2.24) is 4.98 Å². The molecule has 1 aromatic heterocycles. The average molecular weight is 377 g/mol. The maximum Gasteiger partial charge on any atom is 0.257 e. The molecule has 3 aromatic rings. The van der Waals surface area contributed by atoms with Crippen molar-refractivity contribution in [1.29, 1.82) is 0 Å². The number of hydrogen-bond acceptors (Lipinski definition) is 4. The van der Waals surface area contributed by atoms with E-state index in [1.807, 2.05) is 24.3 Å². The molecule has 6 heteroatoms. The molecule has 142 valence electrons. The van der Waals surface area contributed by atoms with Gasteiger partial charge < -0.3 is 15.0 Å². The van der Waals surface area contributed by atoms with E-state index in [1.54, 1.807) is 24.3 Å².